The van der Waals surface area contributed by atoms with Gasteiger partial charge in [-0.15, -0.1) is 0 Å². The largest absolute Gasteiger partial charge is 0.481 e. The zero-order chi connectivity index (χ0) is 15.1. The first-order valence-corrected chi connectivity index (χ1v) is 7.26. The van der Waals surface area contributed by atoms with E-state index in [0.717, 1.165) is 5.75 Å². The number of likely N-dealkylation sites (N-methyl/N-ethyl adjacent to an activating group) is 1. The van der Waals surface area contributed by atoms with Crippen molar-refractivity contribution in [1.82, 2.24) is 10.2 Å². The number of hydrogen-bond donors (Lipinski definition) is 1. The van der Waals surface area contributed by atoms with Gasteiger partial charge >= 0.3 is 0 Å². The monoisotopic (exact) mass is 278 g/mol. The number of nitrogens with zero attached hydrogens (tertiary/aromatic N) is 1. The molecule has 1 amide bonds. The third-order valence-corrected chi connectivity index (χ3v) is 3.55. The van der Waals surface area contributed by atoms with E-state index in [9.17, 15) is 4.79 Å². The molecule has 0 fully saturated rings. The molecule has 4 heteroatoms. The first-order chi connectivity index (χ1) is 9.53. The molecule has 0 radical (unpaired) electrons. The Morgan fingerprint density at radius 3 is 2.20 bits per heavy atom. The molecule has 2 atom stereocenters. The number of carbonyl (C=O) groups excluding carboxylic acids is 1. The van der Waals surface area contributed by atoms with Gasteiger partial charge in [0.05, 0.1) is 0 Å². The van der Waals surface area contributed by atoms with Crippen LogP contribution >= 0.6 is 0 Å². The molecule has 0 spiro atoms. The average molecular weight is 278 g/mol. The Hall–Kier alpha value is -1.55. The standard InChI is InChI=1S/C16H26N2O2/c1-6-18(7-2)16(19)13(4)20-15-10-8-14(9-11-15)12(3)17-5/h8-13,17H,6-7H2,1-5H3. The molecule has 0 aliphatic rings. The van der Waals surface area contributed by atoms with Crippen LogP contribution in [0.15, 0.2) is 24.3 Å². The molecule has 0 aliphatic heterocycles. The number of amides is 1. The van der Waals surface area contributed by atoms with Gasteiger partial charge in [0.1, 0.15) is 5.75 Å². The maximum Gasteiger partial charge on any atom is 0.263 e. The van der Waals surface area contributed by atoms with Crippen LogP contribution in [-0.4, -0.2) is 37.0 Å². The number of ether oxygens (including phenoxy) is 1. The average Bonchev–Trinajstić information content (AvgIpc) is 2.48. The minimum atomic E-state index is -0.456. The van der Waals surface area contributed by atoms with E-state index in [2.05, 4.69) is 12.2 Å². The van der Waals surface area contributed by atoms with Crippen LogP contribution in [0.5, 0.6) is 5.75 Å². The van der Waals surface area contributed by atoms with E-state index in [1.165, 1.54) is 5.56 Å². The quantitative estimate of drug-likeness (QED) is 0.833. The van der Waals surface area contributed by atoms with E-state index < -0.39 is 6.10 Å². The minimum absolute atomic E-state index is 0.0302. The van der Waals surface area contributed by atoms with Crippen molar-refractivity contribution in [1.29, 1.82) is 0 Å². The second kappa shape index (κ2) is 7.90. The van der Waals surface area contributed by atoms with E-state index in [-0.39, 0.29) is 5.91 Å². The van der Waals surface area contributed by atoms with Crippen LogP contribution in [0.4, 0.5) is 0 Å². The molecule has 20 heavy (non-hydrogen) atoms. The zero-order valence-corrected chi connectivity index (χ0v) is 13.1. The summed E-state index contributed by atoms with van der Waals surface area (Å²) in [5.41, 5.74) is 1.20. The highest BCUT2D eigenvalue weighted by Gasteiger charge is 2.19. The van der Waals surface area contributed by atoms with Crippen molar-refractivity contribution in [3.8, 4) is 5.75 Å². The Bertz CT molecular complexity index is 413. The summed E-state index contributed by atoms with van der Waals surface area (Å²) in [5, 5.41) is 3.19. The third-order valence-electron chi connectivity index (χ3n) is 3.55. The van der Waals surface area contributed by atoms with Gasteiger partial charge in [-0.2, -0.15) is 0 Å². The fraction of sp³-hybridized carbons (Fsp3) is 0.562. The second-order valence-corrected chi connectivity index (χ2v) is 4.85. The molecular formula is C16H26N2O2. The molecule has 1 N–H and O–H groups in total. The van der Waals surface area contributed by atoms with E-state index in [1.807, 2.05) is 45.2 Å². The second-order valence-electron chi connectivity index (χ2n) is 4.85. The van der Waals surface area contributed by atoms with Gasteiger partial charge < -0.3 is 15.0 Å². The summed E-state index contributed by atoms with van der Waals surface area (Å²) in [5.74, 6) is 0.757. The number of nitrogens with one attached hydrogen (secondary N) is 1. The van der Waals surface area contributed by atoms with Crippen LogP contribution in [0.2, 0.25) is 0 Å². The van der Waals surface area contributed by atoms with Crippen molar-refractivity contribution in [2.45, 2.75) is 39.8 Å². The highest BCUT2D eigenvalue weighted by atomic mass is 16.5. The van der Waals surface area contributed by atoms with Crippen LogP contribution in [0, 0.1) is 0 Å². The van der Waals surface area contributed by atoms with Crippen molar-refractivity contribution < 1.29 is 9.53 Å². The number of benzene rings is 1. The molecule has 2 unspecified atom stereocenters. The predicted molar refractivity (Wildman–Crippen MR) is 81.9 cm³/mol. The number of hydrogen-bond acceptors (Lipinski definition) is 3. The molecule has 0 saturated carbocycles. The summed E-state index contributed by atoms with van der Waals surface area (Å²) in [4.78, 5) is 13.9. The van der Waals surface area contributed by atoms with E-state index in [0.29, 0.717) is 19.1 Å². The van der Waals surface area contributed by atoms with E-state index in [1.54, 1.807) is 11.8 Å². The molecule has 4 nitrogen and oxygen atoms in total. The topological polar surface area (TPSA) is 41.6 Å². The maximum absolute atomic E-state index is 12.1. The summed E-state index contributed by atoms with van der Waals surface area (Å²) < 4.78 is 5.72. The molecule has 0 aliphatic carbocycles. The first kappa shape index (κ1) is 16.5. The Labute approximate surface area is 122 Å². The van der Waals surface area contributed by atoms with Gasteiger partial charge in [0, 0.05) is 19.1 Å². The first-order valence-electron chi connectivity index (χ1n) is 7.26. The smallest absolute Gasteiger partial charge is 0.263 e. The Kier molecular flexibility index (Phi) is 6.52. The van der Waals surface area contributed by atoms with Crippen LogP contribution in [-0.2, 0) is 4.79 Å². The van der Waals surface area contributed by atoms with Gasteiger partial charge in [-0.25, -0.2) is 0 Å². The molecule has 1 aromatic carbocycles. The van der Waals surface area contributed by atoms with Crippen molar-refractivity contribution in [3.05, 3.63) is 29.8 Å². The Morgan fingerprint density at radius 2 is 1.75 bits per heavy atom. The molecule has 1 rings (SSSR count). The number of carbonyl (C=O) groups is 1. The van der Waals surface area contributed by atoms with Crippen LogP contribution in [0.1, 0.15) is 39.3 Å². The molecule has 1 aromatic rings. The Balaban J connectivity index is 2.66. The summed E-state index contributed by atoms with van der Waals surface area (Å²) in [6, 6.07) is 8.17. The van der Waals surface area contributed by atoms with Crippen molar-refractivity contribution in [2.75, 3.05) is 20.1 Å². The van der Waals surface area contributed by atoms with Crippen LogP contribution in [0.25, 0.3) is 0 Å². The van der Waals surface area contributed by atoms with Gasteiger partial charge in [-0.05, 0) is 52.4 Å². The fourth-order valence-corrected chi connectivity index (χ4v) is 2.05. The summed E-state index contributed by atoms with van der Waals surface area (Å²) in [6.07, 6.45) is -0.456. The lowest BCUT2D eigenvalue weighted by atomic mass is 10.1. The Morgan fingerprint density at radius 1 is 1.20 bits per heavy atom. The van der Waals surface area contributed by atoms with Crippen molar-refractivity contribution in [2.24, 2.45) is 0 Å². The van der Waals surface area contributed by atoms with Gasteiger partial charge in [0.25, 0.3) is 5.91 Å². The summed E-state index contributed by atoms with van der Waals surface area (Å²) in [6.45, 7) is 9.26. The van der Waals surface area contributed by atoms with Gasteiger partial charge in [0.15, 0.2) is 6.10 Å². The number of rotatable bonds is 7. The molecule has 0 aromatic heterocycles. The van der Waals surface area contributed by atoms with Crippen molar-refractivity contribution >= 4 is 5.91 Å². The lowest BCUT2D eigenvalue weighted by Crippen LogP contribution is -2.40. The normalized spacial score (nSPS) is 13.7. The lowest BCUT2D eigenvalue weighted by Gasteiger charge is -2.23. The van der Waals surface area contributed by atoms with Gasteiger partial charge in [-0.1, -0.05) is 12.1 Å². The SMILES string of the molecule is CCN(CC)C(=O)C(C)Oc1ccc(C(C)NC)cc1. The van der Waals surface area contributed by atoms with Crippen LogP contribution < -0.4 is 10.1 Å². The van der Waals surface area contributed by atoms with E-state index >= 15 is 0 Å². The zero-order valence-electron chi connectivity index (χ0n) is 13.1. The lowest BCUT2D eigenvalue weighted by molar-refractivity contribution is -0.137. The van der Waals surface area contributed by atoms with Gasteiger partial charge in [-0.3, -0.25) is 4.79 Å². The molecule has 112 valence electrons. The van der Waals surface area contributed by atoms with Gasteiger partial charge in [0.2, 0.25) is 0 Å². The third kappa shape index (κ3) is 4.23. The van der Waals surface area contributed by atoms with E-state index in [4.69, 9.17) is 4.74 Å². The molecular weight excluding hydrogens is 252 g/mol. The highest BCUT2D eigenvalue weighted by Crippen LogP contribution is 2.18. The summed E-state index contributed by atoms with van der Waals surface area (Å²) in [7, 11) is 1.93. The molecule has 0 bridgehead atoms. The highest BCUT2D eigenvalue weighted by molar-refractivity contribution is 5.80. The maximum atomic E-state index is 12.1. The van der Waals surface area contributed by atoms with Crippen LogP contribution in [0.3, 0.4) is 0 Å². The fourth-order valence-electron chi connectivity index (χ4n) is 2.05. The minimum Gasteiger partial charge on any atom is -0.481 e. The predicted octanol–water partition coefficient (Wildman–Crippen LogP) is 2.60. The van der Waals surface area contributed by atoms with Crippen molar-refractivity contribution in [3.63, 3.8) is 0 Å². The summed E-state index contributed by atoms with van der Waals surface area (Å²) >= 11 is 0. The molecule has 0 heterocycles. The molecule has 0 saturated heterocycles.